The van der Waals surface area contributed by atoms with Crippen LogP contribution in [0.2, 0.25) is 0 Å². The fourth-order valence-electron chi connectivity index (χ4n) is 2.57. The number of aryl methyl sites for hydroxylation is 2. The van der Waals surface area contributed by atoms with Crippen molar-refractivity contribution < 1.29 is 4.79 Å². The second-order valence-electron chi connectivity index (χ2n) is 5.48. The highest BCUT2D eigenvalue weighted by atomic mass is 79.9. The first-order valence-corrected chi connectivity index (χ1v) is 8.39. The van der Waals surface area contributed by atoms with E-state index < -0.39 is 0 Å². The lowest BCUT2D eigenvalue weighted by molar-refractivity contribution is 0.0762. The van der Waals surface area contributed by atoms with Gasteiger partial charge in [-0.25, -0.2) is 0 Å². The number of carbonyl (C=O) groups excluding carboxylic acids is 1. The van der Waals surface area contributed by atoms with Gasteiger partial charge in [0.25, 0.3) is 5.91 Å². The average Bonchev–Trinajstić information content (AvgIpc) is 2.67. The lowest BCUT2D eigenvalue weighted by Crippen LogP contribution is -2.35. The predicted molar refractivity (Wildman–Crippen MR) is 86.7 cm³/mol. The summed E-state index contributed by atoms with van der Waals surface area (Å²) in [6, 6.07) is 6.00. The number of hydrogen-bond acceptors (Lipinski definition) is 2. The van der Waals surface area contributed by atoms with Gasteiger partial charge in [0.2, 0.25) is 0 Å². The van der Waals surface area contributed by atoms with Gasteiger partial charge in [0.15, 0.2) is 0 Å². The minimum atomic E-state index is 0.175. The van der Waals surface area contributed by atoms with E-state index in [4.69, 9.17) is 0 Å². The number of alkyl halides is 1. The lowest BCUT2D eigenvalue weighted by Gasteiger charge is -2.22. The van der Waals surface area contributed by atoms with Crippen molar-refractivity contribution in [2.45, 2.75) is 20.3 Å². The van der Waals surface area contributed by atoms with Gasteiger partial charge in [-0.2, -0.15) is 0 Å². The van der Waals surface area contributed by atoms with E-state index in [0.29, 0.717) is 0 Å². The molecule has 0 saturated carbocycles. The van der Waals surface area contributed by atoms with E-state index in [0.717, 1.165) is 50.0 Å². The number of amides is 1. The number of nitrogens with zero attached hydrogens (tertiary/aromatic N) is 2. The number of halogens is 1. The smallest absolute Gasteiger partial charge is 0.253 e. The number of carbonyl (C=O) groups is 1. The first-order chi connectivity index (χ1) is 9.61. The molecule has 0 atom stereocenters. The van der Waals surface area contributed by atoms with Gasteiger partial charge in [-0.05, 0) is 50.1 Å². The van der Waals surface area contributed by atoms with Crippen LogP contribution in [0.25, 0.3) is 0 Å². The van der Waals surface area contributed by atoms with Crippen molar-refractivity contribution in [3.8, 4) is 0 Å². The summed E-state index contributed by atoms with van der Waals surface area (Å²) in [7, 11) is 0. The Balaban J connectivity index is 2.03. The van der Waals surface area contributed by atoms with Gasteiger partial charge in [0.1, 0.15) is 0 Å². The largest absolute Gasteiger partial charge is 0.337 e. The zero-order chi connectivity index (χ0) is 14.5. The maximum atomic E-state index is 12.6. The van der Waals surface area contributed by atoms with Crippen LogP contribution in [0.15, 0.2) is 18.2 Å². The standard InChI is InChI=1S/C16H23BrN2O/c1-13-4-5-15(12-14(13)2)16(20)19-8-3-7-18(9-6-17)10-11-19/h4-5,12H,3,6-11H2,1-2H3. The molecule has 1 aromatic carbocycles. The summed E-state index contributed by atoms with van der Waals surface area (Å²) in [6.45, 7) is 8.96. The molecule has 2 rings (SSSR count). The lowest BCUT2D eigenvalue weighted by atomic mass is 10.1. The Labute approximate surface area is 130 Å². The Morgan fingerprint density at radius 3 is 2.65 bits per heavy atom. The van der Waals surface area contributed by atoms with Crippen molar-refractivity contribution in [3.63, 3.8) is 0 Å². The van der Waals surface area contributed by atoms with Gasteiger partial charge >= 0.3 is 0 Å². The van der Waals surface area contributed by atoms with Crippen LogP contribution in [0.4, 0.5) is 0 Å². The van der Waals surface area contributed by atoms with Gasteiger partial charge in [-0.3, -0.25) is 4.79 Å². The molecule has 1 aliphatic heterocycles. The Morgan fingerprint density at radius 1 is 1.15 bits per heavy atom. The monoisotopic (exact) mass is 338 g/mol. The molecule has 1 aliphatic rings. The minimum Gasteiger partial charge on any atom is -0.337 e. The van der Waals surface area contributed by atoms with Gasteiger partial charge in [-0.1, -0.05) is 22.0 Å². The Hall–Kier alpha value is -0.870. The molecular formula is C16H23BrN2O. The summed E-state index contributed by atoms with van der Waals surface area (Å²) in [5.41, 5.74) is 3.24. The van der Waals surface area contributed by atoms with Crippen molar-refractivity contribution in [2.24, 2.45) is 0 Å². The van der Waals surface area contributed by atoms with Crippen LogP contribution in [0.5, 0.6) is 0 Å². The second-order valence-corrected chi connectivity index (χ2v) is 6.27. The van der Waals surface area contributed by atoms with Gasteiger partial charge in [0, 0.05) is 37.1 Å². The second kappa shape index (κ2) is 7.23. The van der Waals surface area contributed by atoms with E-state index >= 15 is 0 Å². The number of hydrogen-bond donors (Lipinski definition) is 0. The summed E-state index contributed by atoms with van der Waals surface area (Å²) < 4.78 is 0. The summed E-state index contributed by atoms with van der Waals surface area (Å²) in [5, 5.41) is 0.998. The quantitative estimate of drug-likeness (QED) is 0.791. The normalized spacial score (nSPS) is 17.1. The Kier molecular flexibility index (Phi) is 5.61. The molecule has 0 aliphatic carbocycles. The summed E-state index contributed by atoms with van der Waals surface area (Å²) in [5.74, 6) is 0.175. The molecule has 0 N–H and O–H groups in total. The fourth-order valence-corrected chi connectivity index (χ4v) is 3.08. The third-order valence-corrected chi connectivity index (χ3v) is 4.38. The third kappa shape index (κ3) is 3.83. The molecule has 1 saturated heterocycles. The number of rotatable bonds is 3. The SMILES string of the molecule is Cc1ccc(C(=O)N2CCCN(CCBr)CC2)cc1C. The molecular weight excluding hydrogens is 316 g/mol. The van der Waals surface area contributed by atoms with Crippen LogP contribution in [0, 0.1) is 13.8 Å². The minimum absolute atomic E-state index is 0.175. The first-order valence-electron chi connectivity index (χ1n) is 7.26. The Bertz CT molecular complexity index is 476. The van der Waals surface area contributed by atoms with Crippen LogP contribution in [0.1, 0.15) is 27.9 Å². The van der Waals surface area contributed by atoms with Gasteiger partial charge in [0.05, 0.1) is 0 Å². The van der Waals surface area contributed by atoms with Crippen molar-refractivity contribution in [3.05, 3.63) is 34.9 Å². The van der Waals surface area contributed by atoms with E-state index in [1.807, 2.05) is 23.1 Å². The van der Waals surface area contributed by atoms with E-state index in [1.165, 1.54) is 11.1 Å². The van der Waals surface area contributed by atoms with Crippen LogP contribution >= 0.6 is 15.9 Å². The topological polar surface area (TPSA) is 23.6 Å². The molecule has 0 spiro atoms. The molecule has 0 bridgehead atoms. The fraction of sp³-hybridized carbons (Fsp3) is 0.562. The van der Waals surface area contributed by atoms with Crippen molar-refractivity contribution in [1.29, 1.82) is 0 Å². The van der Waals surface area contributed by atoms with Gasteiger partial charge in [-0.15, -0.1) is 0 Å². The van der Waals surface area contributed by atoms with Crippen LogP contribution in [-0.2, 0) is 0 Å². The first kappa shape index (κ1) is 15.5. The average molecular weight is 339 g/mol. The van der Waals surface area contributed by atoms with Crippen LogP contribution < -0.4 is 0 Å². The van der Waals surface area contributed by atoms with Crippen molar-refractivity contribution in [2.75, 3.05) is 38.1 Å². The highest BCUT2D eigenvalue weighted by Crippen LogP contribution is 2.13. The zero-order valence-corrected chi connectivity index (χ0v) is 13.9. The summed E-state index contributed by atoms with van der Waals surface area (Å²) >= 11 is 3.48. The molecule has 4 heteroatoms. The molecule has 3 nitrogen and oxygen atoms in total. The zero-order valence-electron chi connectivity index (χ0n) is 12.4. The van der Waals surface area contributed by atoms with E-state index in [9.17, 15) is 4.79 Å². The molecule has 1 amide bonds. The molecule has 1 aromatic rings. The predicted octanol–water partition coefficient (Wildman–Crippen LogP) is 2.85. The highest BCUT2D eigenvalue weighted by molar-refractivity contribution is 9.09. The molecule has 20 heavy (non-hydrogen) atoms. The molecule has 0 radical (unpaired) electrons. The van der Waals surface area contributed by atoms with E-state index in [2.05, 4.69) is 34.7 Å². The molecule has 0 unspecified atom stereocenters. The van der Waals surface area contributed by atoms with Crippen LogP contribution in [0.3, 0.4) is 0 Å². The Morgan fingerprint density at radius 2 is 1.95 bits per heavy atom. The van der Waals surface area contributed by atoms with E-state index in [1.54, 1.807) is 0 Å². The maximum Gasteiger partial charge on any atom is 0.253 e. The third-order valence-electron chi connectivity index (χ3n) is 4.03. The number of benzene rings is 1. The van der Waals surface area contributed by atoms with Gasteiger partial charge < -0.3 is 9.80 Å². The van der Waals surface area contributed by atoms with E-state index in [-0.39, 0.29) is 5.91 Å². The molecule has 1 fully saturated rings. The maximum absolute atomic E-state index is 12.6. The molecule has 1 heterocycles. The molecule has 110 valence electrons. The summed E-state index contributed by atoms with van der Waals surface area (Å²) in [4.78, 5) is 17.0. The summed E-state index contributed by atoms with van der Waals surface area (Å²) in [6.07, 6.45) is 1.06. The molecule has 0 aromatic heterocycles. The van der Waals surface area contributed by atoms with Crippen molar-refractivity contribution >= 4 is 21.8 Å². The highest BCUT2D eigenvalue weighted by Gasteiger charge is 2.20. The van der Waals surface area contributed by atoms with Crippen LogP contribution in [-0.4, -0.2) is 53.8 Å². The van der Waals surface area contributed by atoms with Crippen molar-refractivity contribution in [1.82, 2.24) is 9.80 Å².